The van der Waals surface area contributed by atoms with E-state index in [9.17, 15) is 9.90 Å². The summed E-state index contributed by atoms with van der Waals surface area (Å²) < 4.78 is 10.7. The summed E-state index contributed by atoms with van der Waals surface area (Å²) >= 11 is 0. The Bertz CT molecular complexity index is 816. The Morgan fingerprint density at radius 2 is 1.96 bits per heavy atom. The molecule has 3 rings (SSSR count). The minimum Gasteiger partial charge on any atom is -0.506 e. The number of benzene rings is 2. The summed E-state index contributed by atoms with van der Waals surface area (Å²) in [5, 5.41) is 16.2. The van der Waals surface area contributed by atoms with Gasteiger partial charge in [-0.15, -0.1) is 0 Å². The molecule has 6 nitrogen and oxygen atoms in total. The van der Waals surface area contributed by atoms with Gasteiger partial charge in [0, 0.05) is 5.54 Å². The molecule has 0 aliphatic carbocycles. The molecule has 0 bridgehead atoms. The number of aromatic hydroxyl groups is 1. The van der Waals surface area contributed by atoms with E-state index in [1.807, 2.05) is 18.2 Å². The first-order valence-corrected chi connectivity index (χ1v) is 9.03. The van der Waals surface area contributed by atoms with Gasteiger partial charge in [-0.25, -0.2) is 0 Å². The molecule has 0 fully saturated rings. The number of phenols is 1. The minimum atomic E-state index is -0.256. The predicted octanol–water partition coefficient (Wildman–Crippen LogP) is 2.89. The van der Waals surface area contributed by atoms with Crippen LogP contribution in [0.1, 0.15) is 25.0 Å². The first-order valence-electron chi connectivity index (χ1n) is 9.03. The van der Waals surface area contributed by atoms with Crippen LogP contribution in [0.2, 0.25) is 0 Å². The Labute approximate surface area is 159 Å². The molecule has 1 heterocycles. The van der Waals surface area contributed by atoms with Crippen LogP contribution in [0.5, 0.6) is 17.2 Å². The maximum absolute atomic E-state index is 11.5. The van der Waals surface area contributed by atoms with Crippen molar-refractivity contribution in [2.45, 2.75) is 32.2 Å². The van der Waals surface area contributed by atoms with E-state index < -0.39 is 0 Å². The molecule has 1 aliphatic rings. The summed E-state index contributed by atoms with van der Waals surface area (Å²) in [6.45, 7) is 5.05. The molecule has 0 aromatic heterocycles. The number of anilines is 1. The molecule has 0 radical (unpaired) electrons. The van der Waals surface area contributed by atoms with Crippen LogP contribution in [0.3, 0.4) is 0 Å². The smallest absolute Gasteiger partial charge is 0.262 e. The van der Waals surface area contributed by atoms with Gasteiger partial charge >= 0.3 is 0 Å². The van der Waals surface area contributed by atoms with Crippen LogP contribution in [0.25, 0.3) is 0 Å². The number of nitrogens with one attached hydrogen (secondary N) is 2. The van der Waals surface area contributed by atoms with Crippen molar-refractivity contribution >= 4 is 11.6 Å². The van der Waals surface area contributed by atoms with Gasteiger partial charge in [-0.05, 0) is 62.6 Å². The summed E-state index contributed by atoms with van der Waals surface area (Å²) in [5.41, 5.74) is 2.47. The van der Waals surface area contributed by atoms with Gasteiger partial charge in [0.15, 0.2) is 12.4 Å². The van der Waals surface area contributed by atoms with Gasteiger partial charge in [-0.3, -0.25) is 4.79 Å². The zero-order chi connectivity index (χ0) is 19.4. The van der Waals surface area contributed by atoms with E-state index in [0.29, 0.717) is 11.4 Å². The average molecular weight is 370 g/mol. The molecule has 0 spiro atoms. The van der Waals surface area contributed by atoms with Crippen molar-refractivity contribution in [3.05, 3.63) is 47.5 Å². The topological polar surface area (TPSA) is 79.8 Å². The lowest BCUT2D eigenvalue weighted by molar-refractivity contribution is -0.118. The highest BCUT2D eigenvalue weighted by Gasteiger charge is 2.23. The number of ether oxygens (including phenoxy) is 2. The molecule has 0 saturated heterocycles. The predicted molar refractivity (Wildman–Crippen MR) is 105 cm³/mol. The van der Waals surface area contributed by atoms with E-state index in [1.54, 1.807) is 13.2 Å². The summed E-state index contributed by atoms with van der Waals surface area (Å²) in [5.74, 6) is 1.18. The fraction of sp³-hybridized carbons (Fsp3) is 0.381. The van der Waals surface area contributed by atoms with E-state index in [4.69, 9.17) is 9.47 Å². The number of hydrogen-bond acceptors (Lipinski definition) is 5. The fourth-order valence-electron chi connectivity index (χ4n) is 3.26. The quantitative estimate of drug-likeness (QED) is 0.653. The van der Waals surface area contributed by atoms with Crippen molar-refractivity contribution < 1.29 is 19.4 Å². The van der Waals surface area contributed by atoms with Gasteiger partial charge < -0.3 is 25.2 Å². The van der Waals surface area contributed by atoms with E-state index in [-0.39, 0.29) is 23.8 Å². The van der Waals surface area contributed by atoms with E-state index >= 15 is 0 Å². The number of carbonyl (C=O) groups is 1. The molecule has 3 N–H and O–H groups in total. The third-order valence-electron chi connectivity index (χ3n) is 4.63. The monoisotopic (exact) mass is 370 g/mol. The Kier molecular flexibility index (Phi) is 5.56. The average Bonchev–Trinajstić information content (AvgIpc) is 2.64. The van der Waals surface area contributed by atoms with Gasteiger partial charge in [0.05, 0.1) is 7.11 Å². The van der Waals surface area contributed by atoms with Gasteiger partial charge in [0.1, 0.15) is 17.2 Å². The molecule has 2 aromatic rings. The van der Waals surface area contributed by atoms with Gasteiger partial charge in [0.25, 0.3) is 5.91 Å². The van der Waals surface area contributed by atoms with Gasteiger partial charge in [0.2, 0.25) is 0 Å². The molecule has 1 aliphatic heterocycles. The number of phenolic OH excluding ortho intramolecular Hbond substituents is 1. The lowest BCUT2D eigenvalue weighted by atomic mass is 9.94. The molecule has 6 heteroatoms. The summed E-state index contributed by atoms with van der Waals surface area (Å²) in [6, 6.07) is 11.5. The SMILES string of the molecule is COc1ccc(CC(C)(C)NCCc2ccc(O)c3c2OCC(=O)N3)cc1. The second-order valence-electron chi connectivity index (χ2n) is 7.37. The highest BCUT2D eigenvalue weighted by molar-refractivity contribution is 5.97. The maximum atomic E-state index is 11.5. The maximum Gasteiger partial charge on any atom is 0.262 e. The van der Waals surface area contributed by atoms with Crippen LogP contribution >= 0.6 is 0 Å². The first kappa shape index (κ1) is 19.0. The number of methoxy groups -OCH3 is 1. The van der Waals surface area contributed by atoms with Crippen molar-refractivity contribution in [1.82, 2.24) is 5.32 Å². The lowest BCUT2D eigenvalue weighted by Gasteiger charge is -2.27. The van der Waals surface area contributed by atoms with Crippen LogP contribution in [0.4, 0.5) is 5.69 Å². The van der Waals surface area contributed by atoms with Crippen molar-refractivity contribution in [3.8, 4) is 17.2 Å². The summed E-state index contributed by atoms with van der Waals surface area (Å²) in [6.07, 6.45) is 1.61. The lowest BCUT2D eigenvalue weighted by Crippen LogP contribution is -2.42. The minimum absolute atomic E-state index is 0.0228. The second kappa shape index (κ2) is 7.88. The van der Waals surface area contributed by atoms with E-state index in [0.717, 1.165) is 30.7 Å². The first-order chi connectivity index (χ1) is 12.9. The number of amides is 1. The standard InChI is InChI=1S/C21H26N2O4/c1-21(2,12-14-4-7-16(26-3)8-5-14)22-11-10-15-6-9-17(24)19-20(15)27-13-18(25)23-19/h4-9,22,24H,10-13H2,1-3H3,(H,23,25). The van der Waals surface area contributed by atoms with Crippen molar-refractivity contribution in [2.24, 2.45) is 0 Å². The Morgan fingerprint density at radius 3 is 2.67 bits per heavy atom. The van der Waals surface area contributed by atoms with Crippen LogP contribution in [-0.4, -0.2) is 36.8 Å². The van der Waals surface area contributed by atoms with Crippen LogP contribution in [0.15, 0.2) is 36.4 Å². The molecule has 0 atom stereocenters. The van der Waals surface area contributed by atoms with Gasteiger partial charge in [-0.1, -0.05) is 18.2 Å². The van der Waals surface area contributed by atoms with Crippen molar-refractivity contribution in [1.29, 1.82) is 0 Å². The molecule has 2 aromatic carbocycles. The molecule has 27 heavy (non-hydrogen) atoms. The molecular formula is C21H26N2O4. The Morgan fingerprint density at radius 1 is 1.22 bits per heavy atom. The summed E-state index contributed by atoms with van der Waals surface area (Å²) in [7, 11) is 1.66. The van der Waals surface area contributed by atoms with E-state index in [2.05, 4.69) is 36.6 Å². The third-order valence-corrected chi connectivity index (χ3v) is 4.63. The number of hydrogen-bond donors (Lipinski definition) is 3. The molecule has 0 unspecified atom stereocenters. The zero-order valence-electron chi connectivity index (χ0n) is 16.0. The second-order valence-corrected chi connectivity index (χ2v) is 7.37. The number of fused-ring (bicyclic) bond motifs is 1. The molecular weight excluding hydrogens is 344 g/mol. The van der Waals surface area contributed by atoms with Crippen LogP contribution < -0.4 is 20.1 Å². The number of carbonyl (C=O) groups excluding carboxylic acids is 1. The highest BCUT2D eigenvalue weighted by Crippen LogP contribution is 2.39. The van der Waals surface area contributed by atoms with Gasteiger partial charge in [-0.2, -0.15) is 0 Å². The Hall–Kier alpha value is -2.73. The molecule has 144 valence electrons. The fourth-order valence-corrected chi connectivity index (χ4v) is 3.26. The van der Waals surface area contributed by atoms with Crippen molar-refractivity contribution in [2.75, 3.05) is 25.6 Å². The molecule has 1 amide bonds. The zero-order valence-corrected chi connectivity index (χ0v) is 16.0. The Balaban J connectivity index is 1.60. The third kappa shape index (κ3) is 4.71. The van der Waals surface area contributed by atoms with E-state index in [1.165, 1.54) is 5.56 Å². The highest BCUT2D eigenvalue weighted by atomic mass is 16.5. The number of rotatable bonds is 7. The van der Waals surface area contributed by atoms with Crippen molar-refractivity contribution in [3.63, 3.8) is 0 Å². The largest absolute Gasteiger partial charge is 0.506 e. The normalized spacial score (nSPS) is 13.5. The summed E-state index contributed by atoms with van der Waals surface area (Å²) in [4.78, 5) is 11.5. The van der Waals surface area contributed by atoms with Crippen LogP contribution in [-0.2, 0) is 17.6 Å². The molecule has 0 saturated carbocycles. The van der Waals surface area contributed by atoms with Crippen LogP contribution in [0, 0.1) is 0 Å².